The fourth-order valence-corrected chi connectivity index (χ4v) is 2.88. The molecule has 1 aliphatic carbocycles. The topological polar surface area (TPSA) is 56.7 Å². The Kier molecular flexibility index (Phi) is 7.76. The summed E-state index contributed by atoms with van der Waals surface area (Å²) in [5, 5.41) is 6.17. The van der Waals surface area contributed by atoms with Crippen molar-refractivity contribution in [3.63, 3.8) is 0 Å². The number of guanidine groups is 1. The Morgan fingerprint density at radius 2 is 2.05 bits per heavy atom. The highest BCUT2D eigenvalue weighted by atomic mass is 127. The number of likely N-dealkylation sites (tertiary alicyclic amines) is 1. The van der Waals surface area contributed by atoms with Gasteiger partial charge in [0.1, 0.15) is 0 Å². The highest BCUT2D eigenvalue weighted by Crippen LogP contribution is 2.23. The average Bonchev–Trinajstić information content (AvgIpc) is 3.08. The molecule has 0 spiro atoms. The molecule has 2 fully saturated rings. The normalized spacial score (nSPS) is 22.2. The molecule has 2 N–H and O–H groups in total. The number of carbonyl (C=O) groups excluding carboxylic acids is 1. The highest BCUT2D eigenvalue weighted by molar-refractivity contribution is 14.0. The maximum absolute atomic E-state index is 11.7. The smallest absolute Gasteiger partial charge is 0.239 e. The van der Waals surface area contributed by atoms with Gasteiger partial charge >= 0.3 is 0 Å². The van der Waals surface area contributed by atoms with E-state index in [0.717, 1.165) is 43.7 Å². The van der Waals surface area contributed by atoms with E-state index in [1.54, 1.807) is 7.05 Å². The molecule has 6 heteroatoms. The molecule has 0 bridgehead atoms. The van der Waals surface area contributed by atoms with Crippen LogP contribution in [0.5, 0.6) is 0 Å². The Morgan fingerprint density at radius 3 is 2.62 bits per heavy atom. The van der Waals surface area contributed by atoms with Crippen LogP contribution in [-0.4, -0.2) is 49.5 Å². The second-order valence-corrected chi connectivity index (χ2v) is 6.47. The molecule has 1 aliphatic heterocycles. The van der Waals surface area contributed by atoms with Crippen molar-refractivity contribution in [1.82, 2.24) is 15.5 Å². The van der Waals surface area contributed by atoms with E-state index >= 15 is 0 Å². The Bertz CT molecular complexity index is 369. The summed E-state index contributed by atoms with van der Waals surface area (Å²) in [7, 11) is 1.79. The van der Waals surface area contributed by atoms with Crippen molar-refractivity contribution in [2.24, 2.45) is 16.8 Å². The summed E-state index contributed by atoms with van der Waals surface area (Å²) in [5.41, 5.74) is 0. The number of nitrogens with zero attached hydrogens (tertiary/aromatic N) is 2. The molecular formula is C15H29IN4O. The SMILES string of the molecule is CN=C(NCC(=O)NC1CC1)N1CCC(CC(C)C)C1.I. The van der Waals surface area contributed by atoms with E-state index < -0.39 is 0 Å². The lowest BCUT2D eigenvalue weighted by Crippen LogP contribution is -2.45. The molecule has 1 amide bonds. The lowest BCUT2D eigenvalue weighted by atomic mass is 9.97. The van der Waals surface area contributed by atoms with Gasteiger partial charge in [-0.3, -0.25) is 9.79 Å². The fraction of sp³-hybridized carbons (Fsp3) is 0.867. The summed E-state index contributed by atoms with van der Waals surface area (Å²) < 4.78 is 0. The van der Waals surface area contributed by atoms with Gasteiger partial charge in [-0.2, -0.15) is 0 Å². The molecule has 0 aromatic heterocycles. The molecule has 1 saturated heterocycles. The number of carbonyl (C=O) groups is 1. The minimum absolute atomic E-state index is 0. The molecule has 2 aliphatic rings. The summed E-state index contributed by atoms with van der Waals surface area (Å²) in [6.45, 7) is 6.98. The predicted octanol–water partition coefficient (Wildman–Crippen LogP) is 1.83. The third-order valence-electron chi connectivity index (χ3n) is 3.95. The van der Waals surface area contributed by atoms with Gasteiger partial charge in [-0.15, -0.1) is 24.0 Å². The van der Waals surface area contributed by atoms with Crippen molar-refractivity contribution in [3.05, 3.63) is 0 Å². The van der Waals surface area contributed by atoms with Gasteiger partial charge in [0.2, 0.25) is 5.91 Å². The first-order valence-corrected chi connectivity index (χ1v) is 7.83. The molecule has 1 unspecified atom stereocenters. The summed E-state index contributed by atoms with van der Waals surface area (Å²) >= 11 is 0. The molecular weight excluding hydrogens is 379 g/mol. The number of nitrogens with one attached hydrogen (secondary N) is 2. The van der Waals surface area contributed by atoms with Crippen LogP contribution in [0.2, 0.25) is 0 Å². The molecule has 2 rings (SSSR count). The van der Waals surface area contributed by atoms with Gasteiger partial charge < -0.3 is 15.5 Å². The lowest BCUT2D eigenvalue weighted by Gasteiger charge is -2.22. The fourth-order valence-electron chi connectivity index (χ4n) is 2.88. The summed E-state index contributed by atoms with van der Waals surface area (Å²) in [6, 6.07) is 0.425. The van der Waals surface area contributed by atoms with Gasteiger partial charge in [-0.05, 0) is 37.5 Å². The highest BCUT2D eigenvalue weighted by Gasteiger charge is 2.26. The zero-order chi connectivity index (χ0) is 14.5. The van der Waals surface area contributed by atoms with Gasteiger partial charge in [0.15, 0.2) is 5.96 Å². The first kappa shape index (κ1) is 18.5. The van der Waals surface area contributed by atoms with E-state index in [0.29, 0.717) is 12.6 Å². The number of hydrogen-bond acceptors (Lipinski definition) is 2. The van der Waals surface area contributed by atoms with Crippen LogP contribution in [0.15, 0.2) is 4.99 Å². The molecule has 122 valence electrons. The van der Waals surface area contributed by atoms with Crippen molar-refractivity contribution in [2.75, 3.05) is 26.7 Å². The van der Waals surface area contributed by atoms with Crippen LogP contribution in [0, 0.1) is 11.8 Å². The van der Waals surface area contributed by atoms with Crippen molar-refractivity contribution in [3.8, 4) is 0 Å². The molecule has 0 aromatic carbocycles. The monoisotopic (exact) mass is 408 g/mol. The third kappa shape index (κ3) is 6.40. The summed E-state index contributed by atoms with van der Waals surface area (Å²) in [5.74, 6) is 2.45. The van der Waals surface area contributed by atoms with Crippen LogP contribution in [0.4, 0.5) is 0 Å². The van der Waals surface area contributed by atoms with Crippen molar-refractivity contribution < 1.29 is 4.79 Å². The van der Waals surface area contributed by atoms with Crippen LogP contribution < -0.4 is 10.6 Å². The van der Waals surface area contributed by atoms with Crippen molar-refractivity contribution in [2.45, 2.75) is 45.6 Å². The largest absolute Gasteiger partial charge is 0.352 e. The number of hydrogen-bond donors (Lipinski definition) is 2. The molecule has 0 radical (unpaired) electrons. The van der Waals surface area contributed by atoms with E-state index in [1.165, 1.54) is 12.8 Å². The molecule has 1 atom stereocenters. The average molecular weight is 408 g/mol. The van der Waals surface area contributed by atoms with E-state index in [1.807, 2.05) is 0 Å². The molecule has 1 heterocycles. The number of rotatable bonds is 5. The molecule has 0 aromatic rings. The van der Waals surface area contributed by atoms with Crippen LogP contribution in [0.3, 0.4) is 0 Å². The van der Waals surface area contributed by atoms with E-state index in [2.05, 4.69) is 34.4 Å². The van der Waals surface area contributed by atoms with E-state index in [-0.39, 0.29) is 29.9 Å². The lowest BCUT2D eigenvalue weighted by molar-refractivity contribution is -0.120. The molecule has 5 nitrogen and oxygen atoms in total. The first-order chi connectivity index (χ1) is 9.58. The third-order valence-corrected chi connectivity index (χ3v) is 3.95. The maximum Gasteiger partial charge on any atom is 0.239 e. The Morgan fingerprint density at radius 1 is 1.33 bits per heavy atom. The zero-order valence-corrected chi connectivity index (χ0v) is 15.7. The zero-order valence-electron chi connectivity index (χ0n) is 13.4. The van der Waals surface area contributed by atoms with Gasteiger partial charge in [0.25, 0.3) is 0 Å². The van der Waals surface area contributed by atoms with Crippen molar-refractivity contribution in [1.29, 1.82) is 0 Å². The Labute approximate surface area is 145 Å². The first-order valence-electron chi connectivity index (χ1n) is 7.83. The van der Waals surface area contributed by atoms with Crippen LogP contribution in [-0.2, 0) is 4.79 Å². The Balaban J connectivity index is 0.00000220. The van der Waals surface area contributed by atoms with Gasteiger partial charge in [0, 0.05) is 26.2 Å². The van der Waals surface area contributed by atoms with Gasteiger partial charge in [-0.25, -0.2) is 0 Å². The number of halogens is 1. The van der Waals surface area contributed by atoms with Gasteiger partial charge in [-0.1, -0.05) is 13.8 Å². The maximum atomic E-state index is 11.7. The second kappa shape index (κ2) is 8.80. The van der Waals surface area contributed by atoms with E-state index in [4.69, 9.17) is 0 Å². The number of aliphatic imine (C=N–C) groups is 1. The minimum atomic E-state index is 0. The molecule has 21 heavy (non-hydrogen) atoms. The van der Waals surface area contributed by atoms with Crippen LogP contribution in [0.25, 0.3) is 0 Å². The summed E-state index contributed by atoms with van der Waals surface area (Å²) in [4.78, 5) is 18.3. The summed E-state index contributed by atoms with van der Waals surface area (Å²) in [6.07, 6.45) is 4.76. The minimum Gasteiger partial charge on any atom is -0.352 e. The van der Waals surface area contributed by atoms with Crippen LogP contribution in [0.1, 0.15) is 39.5 Å². The Hall–Kier alpha value is -0.530. The predicted molar refractivity (Wildman–Crippen MR) is 97.1 cm³/mol. The van der Waals surface area contributed by atoms with Gasteiger partial charge in [0.05, 0.1) is 6.54 Å². The second-order valence-electron chi connectivity index (χ2n) is 6.47. The molecule has 1 saturated carbocycles. The van der Waals surface area contributed by atoms with Crippen molar-refractivity contribution >= 4 is 35.8 Å². The standard InChI is InChI=1S/C15H28N4O.HI/c1-11(2)8-12-6-7-19(10-12)15(16-3)17-9-14(20)18-13-4-5-13;/h11-13H,4-10H2,1-3H3,(H,16,17)(H,18,20);1H. The quantitative estimate of drug-likeness (QED) is 0.415. The van der Waals surface area contributed by atoms with E-state index in [9.17, 15) is 4.79 Å². The number of amides is 1. The van der Waals surface area contributed by atoms with Crippen LogP contribution >= 0.6 is 24.0 Å².